The molecule has 0 aliphatic rings. The van der Waals surface area contributed by atoms with Crippen molar-refractivity contribution in [3.63, 3.8) is 0 Å². The van der Waals surface area contributed by atoms with Gasteiger partial charge in [-0.15, -0.1) is 0 Å². The van der Waals surface area contributed by atoms with Crippen LogP contribution in [0.15, 0.2) is 23.4 Å². The quantitative estimate of drug-likeness (QED) is 0.409. The third kappa shape index (κ3) is 3.21. The molecule has 15 heavy (non-hydrogen) atoms. The summed E-state index contributed by atoms with van der Waals surface area (Å²) < 4.78 is 0. The molecular formula is C10H15N3OS. The van der Waals surface area contributed by atoms with Crippen molar-refractivity contribution in [2.45, 2.75) is 30.2 Å². The fourth-order valence-electron chi connectivity index (χ4n) is 0.964. The van der Waals surface area contributed by atoms with E-state index in [2.05, 4.69) is 4.98 Å². The Bertz CT molecular complexity index is 354. The molecular weight excluding hydrogens is 210 g/mol. The number of aliphatic hydroxyl groups is 1. The molecule has 82 valence electrons. The first kappa shape index (κ1) is 12.0. The maximum Gasteiger partial charge on any atom is 0.125 e. The van der Waals surface area contributed by atoms with Gasteiger partial charge in [0.05, 0.1) is 6.10 Å². The molecule has 2 unspecified atom stereocenters. The van der Waals surface area contributed by atoms with Crippen LogP contribution in [0.1, 0.15) is 19.4 Å². The van der Waals surface area contributed by atoms with E-state index in [1.54, 1.807) is 25.3 Å². The SMILES string of the molecule is CC(O)C(C)Sc1ncccc1C(=N)N. The molecule has 4 nitrogen and oxygen atoms in total. The Labute approximate surface area is 93.4 Å². The van der Waals surface area contributed by atoms with E-state index in [0.29, 0.717) is 10.6 Å². The van der Waals surface area contributed by atoms with Crippen molar-refractivity contribution >= 4 is 17.6 Å². The predicted molar refractivity (Wildman–Crippen MR) is 62.3 cm³/mol. The lowest BCUT2D eigenvalue weighted by molar-refractivity contribution is 0.196. The highest BCUT2D eigenvalue weighted by atomic mass is 32.2. The van der Waals surface area contributed by atoms with E-state index in [1.165, 1.54) is 11.8 Å². The van der Waals surface area contributed by atoms with Gasteiger partial charge in [-0.25, -0.2) is 4.98 Å². The monoisotopic (exact) mass is 225 g/mol. The first-order chi connectivity index (χ1) is 7.02. The smallest absolute Gasteiger partial charge is 0.125 e. The second-order valence-electron chi connectivity index (χ2n) is 3.33. The number of nitrogens with one attached hydrogen (secondary N) is 1. The number of pyridine rings is 1. The second-order valence-corrected chi connectivity index (χ2v) is 4.70. The largest absolute Gasteiger partial charge is 0.392 e. The zero-order valence-corrected chi connectivity index (χ0v) is 9.58. The Hall–Kier alpha value is -1.07. The number of nitrogen functional groups attached to an aromatic ring is 1. The second kappa shape index (κ2) is 5.14. The Morgan fingerprint density at radius 2 is 2.27 bits per heavy atom. The Kier molecular flexibility index (Phi) is 4.11. The van der Waals surface area contributed by atoms with Gasteiger partial charge in [-0.3, -0.25) is 5.41 Å². The minimum atomic E-state index is -0.420. The van der Waals surface area contributed by atoms with Crippen LogP contribution in [0.5, 0.6) is 0 Å². The maximum atomic E-state index is 9.38. The summed E-state index contributed by atoms with van der Waals surface area (Å²) in [6.07, 6.45) is 1.24. The van der Waals surface area contributed by atoms with Gasteiger partial charge in [0.25, 0.3) is 0 Å². The summed E-state index contributed by atoms with van der Waals surface area (Å²) in [5.41, 5.74) is 6.05. The molecule has 1 aromatic rings. The van der Waals surface area contributed by atoms with Crippen LogP contribution >= 0.6 is 11.8 Å². The molecule has 0 fully saturated rings. The fraction of sp³-hybridized carbons (Fsp3) is 0.400. The molecule has 0 aliphatic heterocycles. The Balaban J connectivity index is 2.89. The van der Waals surface area contributed by atoms with Gasteiger partial charge in [0.1, 0.15) is 10.9 Å². The molecule has 0 saturated heterocycles. The molecule has 0 amide bonds. The molecule has 5 heteroatoms. The molecule has 0 aromatic carbocycles. The molecule has 4 N–H and O–H groups in total. The van der Waals surface area contributed by atoms with Crippen LogP contribution in [-0.2, 0) is 0 Å². The number of hydrogen-bond acceptors (Lipinski definition) is 4. The number of nitrogens with zero attached hydrogens (tertiary/aromatic N) is 1. The molecule has 0 saturated carbocycles. The highest BCUT2D eigenvalue weighted by Crippen LogP contribution is 2.25. The number of aliphatic hydroxyl groups excluding tert-OH is 1. The number of thioether (sulfide) groups is 1. The lowest BCUT2D eigenvalue weighted by atomic mass is 10.3. The number of nitrogens with two attached hydrogens (primary N) is 1. The van der Waals surface area contributed by atoms with Gasteiger partial charge in [-0.2, -0.15) is 0 Å². The van der Waals surface area contributed by atoms with Gasteiger partial charge < -0.3 is 10.8 Å². The standard InChI is InChI=1S/C10H15N3OS/c1-6(14)7(2)15-10-8(9(11)12)4-3-5-13-10/h3-7,14H,1-2H3,(H3,11,12). The topological polar surface area (TPSA) is 83.0 Å². The molecule has 2 atom stereocenters. The molecule has 1 rings (SSSR count). The molecule has 1 heterocycles. The van der Waals surface area contributed by atoms with Crippen LogP contribution < -0.4 is 5.73 Å². The number of hydrogen-bond donors (Lipinski definition) is 3. The van der Waals surface area contributed by atoms with Gasteiger partial charge in [0, 0.05) is 17.0 Å². The highest BCUT2D eigenvalue weighted by molar-refractivity contribution is 8.00. The third-order valence-corrected chi connectivity index (χ3v) is 3.35. The first-order valence-corrected chi connectivity index (χ1v) is 5.54. The summed E-state index contributed by atoms with van der Waals surface area (Å²) in [7, 11) is 0. The van der Waals surface area contributed by atoms with Gasteiger partial charge in [0.15, 0.2) is 0 Å². The first-order valence-electron chi connectivity index (χ1n) is 4.66. The molecule has 0 spiro atoms. The van der Waals surface area contributed by atoms with Crippen LogP contribution in [0.3, 0.4) is 0 Å². The van der Waals surface area contributed by atoms with Crippen molar-refractivity contribution in [2.75, 3.05) is 0 Å². The van der Waals surface area contributed by atoms with E-state index in [9.17, 15) is 5.11 Å². The van der Waals surface area contributed by atoms with Gasteiger partial charge >= 0.3 is 0 Å². The third-order valence-electron chi connectivity index (χ3n) is 2.04. The highest BCUT2D eigenvalue weighted by Gasteiger charge is 2.14. The van der Waals surface area contributed by atoms with Gasteiger partial charge in [0.2, 0.25) is 0 Å². The summed E-state index contributed by atoms with van der Waals surface area (Å²) in [6, 6.07) is 3.50. The van der Waals surface area contributed by atoms with Crippen molar-refractivity contribution in [1.29, 1.82) is 5.41 Å². The maximum absolute atomic E-state index is 9.38. The summed E-state index contributed by atoms with van der Waals surface area (Å²) in [6.45, 7) is 3.64. The van der Waals surface area contributed by atoms with Crippen LogP contribution in [0.25, 0.3) is 0 Å². The summed E-state index contributed by atoms with van der Waals surface area (Å²) in [5.74, 6) is 0.00314. The van der Waals surface area contributed by atoms with E-state index in [4.69, 9.17) is 11.1 Å². The molecule has 0 bridgehead atoms. The fourth-order valence-corrected chi connectivity index (χ4v) is 1.94. The molecule has 1 aromatic heterocycles. The van der Waals surface area contributed by atoms with Gasteiger partial charge in [-0.05, 0) is 19.1 Å². The Morgan fingerprint density at radius 3 is 2.80 bits per heavy atom. The zero-order chi connectivity index (χ0) is 11.4. The van der Waals surface area contributed by atoms with Crippen LogP contribution in [0.2, 0.25) is 0 Å². The van der Waals surface area contributed by atoms with E-state index in [-0.39, 0.29) is 11.1 Å². The lowest BCUT2D eigenvalue weighted by Gasteiger charge is -2.14. The normalized spacial score (nSPS) is 14.6. The van der Waals surface area contributed by atoms with E-state index >= 15 is 0 Å². The minimum absolute atomic E-state index is 0.00314. The summed E-state index contributed by atoms with van der Waals surface area (Å²) in [5, 5.41) is 17.5. The average molecular weight is 225 g/mol. The number of aromatic nitrogens is 1. The van der Waals surface area contributed by atoms with Crippen LogP contribution in [0, 0.1) is 5.41 Å². The number of rotatable bonds is 4. The molecule has 0 radical (unpaired) electrons. The summed E-state index contributed by atoms with van der Waals surface area (Å²) in [4.78, 5) is 4.15. The van der Waals surface area contributed by atoms with Crippen molar-refractivity contribution < 1.29 is 5.11 Å². The summed E-state index contributed by atoms with van der Waals surface area (Å²) >= 11 is 1.42. The van der Waals surface area contributed by atoms with Crippen LogP contribution in [-0.4, -0.2) is 27.3 Å². The van der Waals surface area contributed by atoms with Crippen molar-refractivity contribution in [1.82, 2.24) is 4.98 Å². The number of amidine groups is 1. The van der Waals surface area contributed by atoms with E-state index < -0.39 is 6.10 Å². The average Bonchev–Trinajstić information content (AvgIpc) is 2.18. The minimum Gasteiger partial charge on any atom is -0.392 e. The van der Waals surface area contributed by atoms with Crippen molar-refractivity contribution in [3.8, 4) is 0 Å². The zero-order valence-electron chi connectivity index (χ0n) is 8.77. The van der Waals surface area contributed by atoms with Crippen molar-refractivity contribution in [3.05, 3.63) is 23.9 Å². The predicted octanol–water partition coefficient (Wildman–Crippen LogP) is 1.23. The van der Waals surface area contributed by atoms with E-state index in [1.807, 2.05) is 6.92 Å². The van der Waals surface area contributed by atoms with Crippen molar-refractivity contribution in [2.24, 2.45) is 5.73 Å². The van der Waals surface area contributed by atoms with Gasteiger partial charge in [-0.1, -0.05) is 18.7 Å². The lowest BCUT2D eigenvalue weighted by Crippen LogP contribution is -2.18. The Morgan fingerprint density at radius 1 is 1.60 bits per heavy atom. The van der Waals surface area contributed by atoms with Crippen LogP contribution in [0.4, 0.5) is 0 Å². The van der Waals surface area contributed by atoms with E-state index in [0.717, 1.165) is 0 Å². The molecule has 0 aliphatic carbocycles.